The van der Waals surface area contributed by atoms with Crippen molar-refractivity contribution in [2.45, 2.75) is 31.9 Å². The first-order chi connectivity index (χ1) is 14.0. The topological polar surface area (TPSA) is 71.8 Å². The molecular weight excluding hydrogens is 373 g/mol. The van der Waals surface area contributed by atoms with E-state index in [1.54, 1.807) is 18.3 Å². The molecule has 1 aliphatic heterocycles. The Labute approximate surface area is 168 Å². The van der Waals surface area contributed by atoms with Crippen LogP contribution in [-0.2, 0) is 0 Å². The van der Waals surface area contributed by atoms with Crippen LogP contribution in [0.4, 0.5) is 10.2 Å². The normalized spacial score (nSPS) is 18.5. The third kappa shape index (κ3) is 4.22. The standard InChI is InChI=1S/C21H24FN5O2/c1-14(24-20-7-9-27-21(25-20)15(13-28)11-23-27)18-10-16(22)5-6-19(18)29-17-4-3-8-26(2)12-17/h5-7,9-11,13-14,17H,3-4,8,12H2,1-2H3,(H,24,25)/t14-,17?/m1/s1. The molecular formula is C21H24FN5O2. The maximum absolute atomic E-state index is 14.0. The summed E-state index contributed by atoms with van der Waals surface area (Å²) in [5.74, 6) is 0.927. The number of carbonyl (C=O) groups is 1. The van der Waals surface area contributed by atoms with Gasteiger partial charge in [0, 0.05) is 18.3 Å². The molecule has 0 spiro atoms. The summed E-state index contributed by atoms with van der Waals surface area (Å²) < 4.78 is 21.8. The van der Waals surface area contributed by atoms with Crippen molar-refractivity contribution in [1.82, 2.24) is 19.5 Å². The number of ether oxygens (including phenoxy) is 1. The van der Waals surface area contributed by atoms with Crippen molar-refractivity contribution < 1.29 is 13.9 Å². The number of rotatable bonds is 6. The van der Waals surface area contributed by atoms with Gasteiger partial charge >= 0.3 is 0 Å². The van der Waals surface area contributed by atoms with Crippen LogP contribution in [0.15, 0.2) is 36.7 Å². The number of aromatic nitrogens is 3. The molecule has 1 unspecified atom stereocenters. The first-order valence-corrected chi connectivity index (χ1v) is 9.74. The SMILES string of the molecule is C[C@@H](Nc1ccn2ncc(C=O)c2n1)c1cc(F)ccc1OC1CCCN(C)C1. The van der Waals surface area contributed by atoms with Crippen molar-refractivity contribution in [3.63, 3.8) is 0 Å². The zero-order chi connectivity index (χ0) is 20.4. The summed E-state index contributed by atoms with van der Waals surface area (Å²) in [5.41, 5.74) is 1.61. The highest BCUT2D eigenvalue weighted by Gasteiger charge is 2.21. The molecule has 1 aliphatic rings. The van der Waals surface area contributed by atoms with E-state index in [0.29, 0.717) is 22.8 Å². The molecule has 4 rings (SSSR count). The van der Waals surface area contributed by atoms with Crippen LogP contribution in [0.1, 0.15) is 41.7 Å². The van der Waals surface area contributed by atoms with Crippen LogP contribution in [0.25, 0.3) is 5.65 Å². The van der Waals surface area contributed by atoms with Gasteiger partial charge < -0.3 is 15.0 Å². The fourth-order valence-corrected chi connectivity index (χ4v) is 3.71. The van der Waals surface area contributed by atoms with Gasteiger partial charge in [-0.3, -0.25) is 4.79 Å². The van der Waals surface area contributed by atoms with Gasteiger partial charge in [-0.1, -0.05) is 0 Å². The number of nitrogens with zero attached hydrogens (tertiary/aromatic N) is 4. The quantitative estimate of drug-likeness (QED) is 0.644. The molecule has 152 valence electrons. The monoisotopic (exact) mass is 397 g/mol. The Balaban J connectivity index is 1.57. The minimum absolute atomic E-state index is 0.0848. The minimum Gasteiger partial charge on any atom is -0.489 e. The second kappa shape index (κ2) is 8.16. The third-order valence-corrected chi connectivity index (χ3v) is 5.20. The number of anilines is 1. The van der Waals surface area contributed by atoms with Gasteiger partial charge in [-0.25, -0.2) is 13.9 Å². The number of hydrogen-bond donors (Lipinski definition) is 1. The van der Waals surface area contributed by atoms with Gasteiger partial charge in [-0.05, 0) is 57.6 Å². The first kappa shape index (κ1) is 19.3. The van der Waals surface area contributed by atoms with E-state index in [1.807, 2.05) is 6.92 Å². The van der Waals surface area contributed by atoms with Gasteiger partial charge in [0.15, 0.2) is 11.9 Å². The molecule has 0 aliphatic carbocycles. The van der Waals surface area contributed by atoms with Gasteiger partial charge in [0.1, 0.15) is 23.5 Å². The average Bonchev–Trinajstić information content (AvgIpc) is 3.11. The van der Waals surface area contributed by atoms with Crippen LogP contribution in [0.3, 0.4) is 0 Å². The molecule has 2 atom stereocenters. The van der Waals surface area contributed by atoms with Crippen LogP contribution in [-0.4, -0.2) is 52.0 Å². The number of piperidine rings is 1. The fourth-order valence-electron chi connectivity index (χ4n) is 3.71. The Bertz CT molecular complexity index is 1020. The smallest absolute Gasteiger partial charge is 0.167 e. The molecule has 29 heavy (non-hydrogen) atoms. The molecule has 2 aromatic heterocycles. The molecule has 3 heterocycles. The maximum atomic E-state index is 14.0. The van der Waals surface area contributed by atoms with Crippen molar-refractivity contribution in [1.29, 1.82) is 0 Å². The molecule has 0 bridgehead atoms. The van der Waals surface area contributed by atoms with Gasteiger partial charge in [0.2, 0.25) is 0 Å². The lowest BCUT2D eigenvalue weighted by Gasteiger charge is -2.31. The molecule has 7 nitrogen and oxygen atoms in total. The van der Waals surface area contributed by atoms with Gasteiger partial charge in [0.25, 0.3) is 0 Å². The molecule has 1 N–H and O–H groups in total. The van der Waals surface area contributed by atoms with Crippen molar-refractivity contribution in [3.8, 4) is 5.75 Å². The molecule has 0 amide bonds. The van der Waals surface area contributed by atoms with Gasteiger partial charge in [0.05, 0.1) is 17.8 Å². The molecule has 1 saturated heterocycles. The van der Waals surface area contributed by atoms with Crippen LogP contribution in [0, 0.1) is 5.82 Å². The third-order valence-electron chi connectivity index (χ3n) is 5.20. The second-order valence-corrected chi connectivity index (χ2v) is 7.49. The van der Waals surface area contributed by atoms with Crippen LogP contribution in [0.2, 0.25) is 0 Å². The Kier molecular flexibility index (Phi) is 5.44. The molecule has 0 saturated carbocycles. The maximum Gasteiger partial charge on any atom is 0.167 e. The highest BCUT2D eigenvalue weighted by atomic mass is 19.1. The number of hydrogen-bond acceptors (Lipinski definition) is 6. The van der Waals surface area contributed by atoms with Gasteiger partial charge in [-0.2, -0.15) is 5.10 Å². The van der Waals surface area contributed by atoms with Crippen molar-refractivity contribution in [2.24, 2.45) is 0 Å². The van der Waals surface area contributed by atoms with E-state index in [9.17, 15) is 9.18 Å². The molecule has 8 heteroatoms. The summed E-state index contributed by atoms with van der Waals surface area (Å²) in [5, 5.41) is 7.37. The van der Waals surface area contributed by atoms with Crippen LogP contribution >= 0.6 is 0 Å². The lowest BCUT2D eigenvalue weighted by molar-refractivity contribution is 0.103. The molecule has 0 radical (unpaired) electrons. The average molecular weight is 397 g/mol. The minimum atomic E-state index is -0.316. The van der Waals surface area contributed by atoms with E-state index in [1.165, 1.54) is 22.8 Å². The highest BCUT2D eigenvalue weighted by molar-refractivity contribution is 5.84. The van der Waals surface area contributed by atoms with E-state index in [4.69, 9.17) is 4.74 Å². The lowest BCUT2D eigenvalue weighted by atomic mass is 10.1. The Morgan fingerprint density at radius 1 is 1.38 bits per heavy atom. The van der Waals surface area contributed by atoms with Crippen LogP contribution < -0.4 is 10.1 Å². The molecule has 3 aromatic rings. The Hall–Kier alpha value is -3.00. The number of nitrogens with one attached hydrogen (secondary N) is 1. The highest BCUT2D eigenvalue weighted by Crippen LogP contribution is 2.30. The van der Waals surface area contributed by atoms with E-state index in [0.717, 1.165) is 37.8 Å². The largest absolute Gasteiger partial charge is 0.489 e. The second-order valence-electron chi connectivity index (χ2n) is 7.49. The fraction of sp³-hybridized carbons (Fsp3) is 0.381. The van der Waals surface area contributed by atoms with Crippen LogP contribution in [0.5, 0.6) is 5.75 Å². The summed E-state index contributed by atoms with van der Waals surface area (Å²) in [4.78, 5) is 17.9. The lowest BCUT2D eigenvalue weighted by Crippen LogP contribution is -2.38. The van der Waals surface area contributed by atoms with Crippen molar-refractivity contribution in [3.05, 3.63) is 53.6 Å². The Morgan fingerprint density at radius 2 is 2.24 bits per heavy atom. The summed E-state index contributed by atoms with van der Waals surface area (Å²) in [7, 11) is 2.08. The number of carbonyl (C=O) groups excluding carboxylic acids is 1. The summed E-state index contributed by atoms with van der Waals surface area (Å²) in [6.07, 6.45) is 6.08. The molecule has 1 aromatic carbocycles. The van der Waals surface area contributed by atoms with E-state index in [-0.39, 0.29) is 18.0 Å². The zero-order valence-corrected chi connectivity index (χ0v) is 16.5. The van der Waals surface area contributed by atoms with Crippen molar-refractivity contribution in [2.75, 3.05) is 25.5 Å². The number of likely N-dealkylation sites (tertiary alicyclic amines) is 1. The van der Waals surface area contributed by atoms with E-state index < -0.39 is 0 Å². The zero-order valence-electron chi connectivity index (χ0n) is 16.5. The van der Waals surface area contributed by atoms with Crippen molar-refractivity contribution >= 4 is 17.8 Å². The summed E-state index contributed by atoms with van der Waals surface area (Å²) in [6.45, 7) is 3.85. The Morgan fingerprint density at radius 3 is 3.03 bits per heavy atom. The number of benzene rings is 1. The van der Waals surface area contributed by atoms with E-state index in [2.05, 4.69) is 27.3 Å². The summed E-state index contributed by atoms with van der Waals surface area (Å²) >= 11 is 0. The summed E-state index contributed by atoms with van der Waals surface area (Å²) in [6, 6.07) is 6.12. The predicted octanol–water partition coefficient (Wildman–Crippen LogP) is 3.33. The number of halogens is 1. The van der Waals surface area contributed by atoms with Gasteiger partial charge in [-0.15, -0.1) is 0 Å². The number of likely N-dealkylation sites (N-methyl/N-ethyl adjacent to an activating group) is 1. The molecule has 1 fully saturated rings. The van der Waals surface area contributed by atoms with E-state index >= 15 is 0 Å². The number of fused-ring (bicyclic) bond motifs is 1. The predicted molar refractivity (Wildman–Crippen MR) is 108 cm³/mol. The first-order valence-electron chi connectivity index (χ1n) is 9.74. The number of aldehydes is 1.